The highest BCUT2D eigenvalue weighted by atomic mass is 32.2. The number of methoxy groups -OCH3 is 1. The summed E-state index contributed by atoms with van der Waals surface area (Å²) in [4.78, 5) is 13.0. The zero-order valence-corrected chi connectivity index (χ0v) is 29.5. The minimum absolute atomic E-state index is 0.196. The Kier molecular flexibility index (Phi) is 4.89. The van der Waals surface area contributed by atoms with Crippen molar-refractivity contribution in [3.05, 3.63) is 102 Å². The van der Waals surface area contributed by atoms with Crippen molar-refractivity contribution in [2.45, 2.75) is 63.9 Å². The van der Waals surface area contributed by atoms with Crippen LogP contribution in [0.1, 0.15) is 82.0 Å². The third-order valence-electron chi connectivity index (χ3n) is 13.4. The normalized spacial score (nSPS) is 30.6. The Labute approximate surface area is 280 Å². The van der Waals surface area contributed by atoms with Crippen molar-refractivity contribution >= 4 is 44.9 Å². The zero-order valence-electron chi connectivity index (χ0n) is 28.7. The number of rotatable bonds is 3. The summed E-state index contributed by atoms with van der Waals surface area (Å²) >= 11 is 2.12. The van der Waals surface area contributed by atoms with Crippen molar-refractivity contribution in [3.63, 3.8) is 0 Å². The second-order valence-electron chi connectivity index (χ2n) is 15.3. The lowest BCUT2D eigenvalue weighted by molar-refractivity contribution is 0.298. The number of nitrogens with zero attached hydrogens (tertiary/aromatic N) is 3. The van der Waals surface area contributed by atoms with E-state index >= 15 is 0 Å². The molecule has 2 aliphatic heterocycles. The van der Waals surface area contributed by atoms with Crippen LogP contribution in [0.25, 0.3) is 27.4 Å². The van der Waals surface area contributed by atoms with Gasteiger partial charge in [0.25, 0.3) is 0 Å². The van der Waals surface area contributed by atoms with Crippen LogP contribution in [0.15, 0.2) is 62.1 Å². The van der Waals surface area contributed by atoms with E-state index in [4.69, 9.17) is 14.7 Å². The lowest BCUT2D eigenvalue weighted by Gasteiger charge is -2.60. The molecule has 0 amide bonds. The van der Waals surface area contributed by atoms with E-state index in [1.807, 2.05) is 14.2 Å². The van der Waals surface area contributed by atoms with E-state index in [9.17, 15) is 0 Å². The Bertz CT molecular complexity index is 2360. The molecule has 3 aromatic rings. The van der Waals surface area contributed by atoms with E-state index in [1.165, 1.54) is 94.7 Å². The van der Waals surface area contributed by atoms with E-state index in [-0.39, 0.29) is 11.8 Å². The summed E-state index contributed by atoms with van der Waals surface area (Å²) in [5.74, 6) is 3.53. The molecule has 236 valence electrons. The molecule has 0 bridgehead atoms. The highest BCUT2D eigenvalue weighted by molar-refractivity contribution is 7.99. The van der Waals surface area contributed by atoms with Gasteiger partial charge in [-0.05, 0) is 101 Å². The van der Waals surface area contributed by atoms with E-state index < -0.39 is 0 Å². The Morgan fingerprint density at radius 2 is 1.79 bits per heavy atom. The van der Waals surface area contributed by atoms with Gasteiger partial charge >= 0.3 is 0 Å². The number of nitrogens with one attached hydrogen (secondary N) is 1. The van der Waals surface area contributed by atoms with Crippen LogP contribution in [0.4, 0.5) is 0 Å². The molecule has 3 heterocycles. The molecule has 0 radical (unpaired) electrons. The lowest BCUT2D eigenvalue weighted by atomic mass is 9.45. The zero-order chi connectivity index (χ0) is 32.1. The van der Waals surface area contributed by atoms with Crippen molar-refractivity contribution in [2.75, 3.05) is 28.3 Å². The van der Waals surface area contributed by atoms with Crippen LogP contribution in [-0.2, 0) is 10.5 Å². The number of thioether (sulfide) groups is 1. The molecule has 47 heavy (non-hydrogen) atoms. The van der Waals surface area contributed by atoms with E-state index in [0.717, 1.165) is 17.9 Å². The number of hydrogen-bond acceptors (Lipinski definition) is 6. The Balaban J connectivity index is 1.44. The molecular weight excluding hydrogens is 597 g/mol. The first-order valence-electron chi connectivity index (χ1n) is 17.4. The van der Waals surface area contributed by atoms with Crippen LogP contribution in [0, 0.1) is 38.5 Å². The number of aromatic nitrogens is 1. The molecule has 1 aromatic heterocycles. The SMILES string of the molecule is CCC1C(=NC)C2=C3C4=C1NC(C)=C1C5SCc6nc7c(C)c(C)c8cc(C)c9c%10c8c7c(c65)C(C41)C%10C3C(=C9OC)C(N(C)C)=C2. The molecule has 8 aliphatic rings. The van der Waals surface area contributed by atoms with Crippen LogP contribution in [-0.4, -0.2) is 43.8 Å². The number of fused-ring (bicyclic) bond motifs is 1. The van der Waals surface area contributed by atoms with Gasteiger partial charge in [-0.1, -0.05) is 13.0 Å². The van der Waals surface area contributed by atoms with Crippen LogP contribution in [0.3, 0.4) is 0 Å². The van der Waals surface area contributed by atoms with Crippen LogP contribution in [0.5, 0.6) is 0 Å². The van der Waals surface area contributed by atoms with Gasteiger partial charge in [-0.3, -0.25) is 9.98 Å². The summed E-state index contributed by atoms with van der Waals surface area (Å²) in [5.41, 5.74) is 25.4. The molecule has 6 unspecified atom stereocenters. The first-order valence-corrected chi connectivity index (χ1v) is 18.4. The minimum Gasteiger partial charge on any atom is -0.496 e. The third-order valence-corrected chi connectivity index (χ3v) is 14.7. The summed E-state index contributed by atoms with van der Waals surface area (Å²) in [6.07, 6.45) is 3.50. The molecule has 11 rings (SSSR count). The standard InChI is InChI=1S/C41H40N4OS/c1-10-18-38(42-6)20-12-22(45(7)8)28-31-26(20)36-30-24(17(5)43-39(18)36)41-27-21(13-47-41)44-37-16(4)15(3)19-11-14(2)23(40(28)46-9)29-25(19)35(37)32(27)34(30)33(29)31/h11-12,18,30-31,33-34,41,43H,10,13H2,1-9H3. The average Bonchev–Trinajstić information content (AvgIpc) is 3.49. The number of allylic oxidation sites excluding steroid dienone is 7. The molecule has 1 N–H and O–H groups in total. The minimum atomic E-state index is 0.196. The molecular formula is C41H40N4OS. The molecule has 0 spiro atoms. The highest BCUT2D eigenvalue weighted by Gasteiger charge is 2.63. The second kappa shape index (κ2) is 8.44. The number of benzene rings is 2. The first-order chi connectivity index (χ1) is 22.7. The molecule has 6 atom stereocenters. The van der Waals surface area contributed by atoms with Gasteiger partial charge in [0.05, 0.1) is 29.3 Å². The maximum absolute atomic E-state index is 6.65. The topological polar surface area (TPSA) is 49.8 Å². The van der Waals surface area contributed by atoms with Crippen LogP contribution >= 0.6 is 11.8 Å². The van der Waals surface area contributed by atoms with E-state index in [0.29, 0.717) is 23.0 Å². The first kappa shape index (κ1) is 27.2. The van der Waals surface area contributed by atoms with E-state index in [2.05, 4.69) is 82.8 Å². The second-order valence-corrected chi connectivity index (χ2v) is 16.4. The maximum atomic E-state index is 6.65. The molecule has 5 nitrogen and oxygen atoms in total. The molecule has 2 aromatic carbocycles. The molecule has 6 heteroatoms. The van der Waals surface area contributed by atoms with Gasteiger partial charge < -0.3 is 15.0 Å². The van der Waals surface area contributed by atoms with Gasteiger partial charge in [0, 0.05) is 95.7 Å². The fourth-order valence-corrected chi connectivity index (χ4v) is 13.3. The predicted octanol–water partition coefficient (Wildman–Crippen LogP) is 8.41. The maximum Gasteiger partial charge on any atom is 0.132 e. The smallest absolute Gasteiger partial charge is 0.132 e. The number of dihydropyridines is 1. The summed E-state index contributed by atoms with van der Waals surface area (Å²) in [6.45, 7) is 11.7. The number of hydrogen-bond donors (Lipinski definition) is 1. The van der Waals surface area contributed by atoms with Gasteiger partial charge in [0.2, 0.25) is 0 Å². The van der Waals surface area contributed by atoms with Gasteiger partial charge in [-0.2, -0.15) is 0 Å². The number of aliphatic imine (C=N–C) groups is 1. The van der Waals surface area contributed by atoms with Gasteiger partial charge in [0.15, 0.2) is 0 Å². The largest absolute Gasteiger partial charge is 0.496 e. The monoisotopic (exact) mass is 636 g/mol. The summed E-state index contributed by atoms with van der Waals surface area (Å²) in [5, 5.41) is 8.79. The summed E-state index contributed by atoms with van der Waals surface area (Å²) in [7, 11) is 8.32. The average molecular weight is 637 g/mol. The Morgan fingerprint density at radius 3 is 2.51 bits per heavy atom. The molecule has 1 fully saturated rings. The molecule has 1 saturated carbocycles. The molecule has 0 saturated heterocycles. The fraction of sp³-hybridized carbons (Fsp3) is 0.415. The van der Waals surface area contributed by atoms with Gasteiger partial charge in [-0.15, -0.1) is 11.8 Å². The highest BCUT2D eigenvalue weighted by Crippen LogP contribution is 2.75. The van der Waals surface area contributed by atoms with Gasteiger partial charge in [-0.25, -0.2) is 0 Å². The number of pyridine rings is 1. The van der Waals surface area contributed by atoms with Crippen molar-refractivity contribution in [1.29, 1.82) is 0 Å². The van der Waals surface area contributed by atoms with Crippen molar-refractivity contribution in [3.8, 4) is 0 Å². The number of aryl methyl sites for hydroxylation is 3. The molecule has 6 aliphatic carbocycles. The Morgan fingerprint density at radius 1 is 1.00 bits per heavy atom. The number of ether oxygens (including phenoxy) is 1. The lowest BCUT2D eigenvalue weighted by Crippen LogP contribution is -2.51. The summed E-state index contributed by atoms with van der Waals surface area (Å²) < 4.78 is 6.65. The van der Waals surface area contributed by atoms with E-state index in [1.54, 1.807) is 22.3 Å². The summed E-state index contributed by atoms with van der Waals surface area (Å²) in [6, 6.07) is 2.47. The van der Waals surface area contributed by atoms with Crippen LogP contribution < -0.4 is 5.32 Å². The Hall–Kier alpha value is -3.77. The van der Waals surface area contributed by atoms with Crippen molar-refractivity contribution in [2.24, 2.45) is 22.7 Å². The van der Waals surface area contributed by atoms with Crippen LogP contribution in [0.2, 0.25) is 0 Å². The van der Waals surface area contributed by atoms with Crippen molar-refractivity contribution < 1.29 is 4.74 Å². The van der Waals surface area contributed by atoms with Gasteiger partial charge in [0.1, 0.15) is 5.76 Å². The predicted molar refractivity (Wildman–Crippen MR) is 193 cm³/mol. The number of likely N-dealkylation sites (N-methyl/N-ethyl adjacent to an activating group) is 1. The quantitative estimate of drug-likeness (QED) is 0.293. The van der Waals surface area contributed by atoms with Crippen molar-refractivity contribution in [1.82, 2.24) is 15.2 Å². The fourth-order valence-electron chi connectivity index (χ4n) is 11.8. The third kappa shape index (κ3) is 2.70.